The van der Waals surface area contributed by atoms with E-state index in [4.69, 9.17) is 18.0 Å². The van der Waals surface area contributed by atoms with Crippen molar-refractivity contribution in [1.82, 2.24) is 0 Å². The summed E-state index contributed by atoms with van der Waals surface area (Å²) in [4.78, 5) is 1.88. The number of halogens is 2. The molecule has 2 rings (SSSR count). The lowest BCUT2D eigenvalue weighted by molar-refractivity contribution is 0.616. The molecular formula is C16H16F2N2S. The number of anilines is 1. The van der Waals surface area contributed by atoms with Crippen LogP contribution in [-0.2, 0) is 6.54 Å². The van der Waals surface area contributed by atoms with Crippen molar-refractivity contribution < 1.29 is 8.78 Å². The zero-order valence-electron chi connectivity index (χ0n) is 11.6. The van der Waals surface area contributed by atoms with Crippen LogP contribution >= 0.6 is 12.2 Å². The number of para-hydroxylation sites is 1. The van der Waals surface area contributed by atoms with Crippen LogP contribution in [0.15, 0.2) is 42.5 Å². The summed E-state index contributed by atoms with van der Waals surface area (Å²) in [6.07, 6.45) is 0. The molecule has 0 spiro atoms. The molecule has 2 nitrogen and oxygen atoms in total. The topological polar surface area (TPSA) is 29.3 Å². The summed E-state index contributed by atoms with van der Waals surface area (Å²) < 4.78 is 27.4. The van der Waals surface area contributed by atoms with E-state index < -0.39 is 5.82 Å². The van der Waals surface area contributed by atoms with Crippen molar-refractivity contribution in [2.24, 2.45) is 5.73 Å². The summed E-state index contributed by atoms with van der Waals surface area (Å²) in [6.45, 7) is 3.01. The summed E-state index contributed by atoms with van der Waals surface area (Å²) in [6, 6.07) is 11.2. The lowest BCUT2D eigenvalue weighted by Gasteiger charge is -2.24. The largest absolute Gasteiger partial charge is 0.389 e. The van der Waals surface area contributed by atoms with Crippen LogP contribution in [0.25, 0.3) is 0 Å². The summed E-state index contributed by atoms with van der Waals surface area (Å²) >= 11 is 4.83. The van der Waals surface area contributed by atoms with Gasteiger partial charge in [-0.1, -0.05) is 30.4 Å². The third-order valence-electron chi connectivity index (χ3n) is 3.24. The molecule has 0 unspecified atom stereocenters. The number of hydrogen-bond donors (Lipinski definition) is 1. The molecular weight excluding hydrogens is 290 g/mol. The van der Waals surface area contributed by atoms with Crippen molar-refractivity contribution in [1.29, 1.82) is 0 Å². The Morgan fingerprint density at radius 1 is 1.14 bits per heavy atom. The molecule has 0 fully saturated rings. The fourth-order valence-corrected chi connectivity index (χ4v) is 2.31. The van der Waals surface area contributed by atoms with Crippen LogP contribution in [-0.4, -0.2) is 11.5 Å². The zero-order valence-corrected chi connectivity index (χ0v) is 12.5. The third-order valence-corrected chi connectivity index (χ3v) is 3.46. The van der Waals surface area contributed by atoms with Crippen LogP contribution in [0.2, 0.25) is 0 Å². The van der Waals surface area contributed by atoms with Crippen molar-refractivity contribution in [2.45, 2.75) is 13.5 Å². The van der Waals surface area contributed by atoms with Crippen molar-refractivity contribution in [3.63, 3.8) is 0 Å². The predicted octanol–water partition coefficient (Wildman–Crippen LogP) is 3.63. The molecule has 0 saturated heterocycles. The van der Waals surface area contributed by atoms with E-state index in [0.717, 1.165) is 5.56 Å². The first kappa shape index (κ1) is 15.4. The standard InChI is InChI=1S/C16H16F2N2S/c1-2-20(15-6-4-3-5-14(15)18)10-11-7-8-13(17)12(9-11)16(19)21/h3-9H,2,10H2,1H3,(H2,19,21). The molecule has 0 aliphatic rings. The first-order valence-corrected chi connectivity index (χ1v) is 7.01. The average molecular weight is 306 g/mol. The van der Waals surface area contributed by atoms with Gasteiger partial charge >= 0.3 is 0 Å². The molecule has 5 heteroatoms. The molecule has 2 aromatic carbocycles. The minimum atomic E-state index is -0.444. The smallest absolute Gasteiger partial charge is 0.146 e. The fourth-order valence-electron chi connectivity index (χ4n) is 2.16. The molecule has 0 aliphatic carbocycles. The number of nitrogens with two attached hydrogens (primary N) is 1. The Hall–Kier alpha value is -2.01. The summed E-state index contributed by atoms with van der Waals surface area (Å²) in [7, 11) is 0. The highest BCUT2D eigenvalue weighted by Crippen LogP contribution is 2.21. The van der Waals surface area contributed by atoms with Crippen LogP contribution < -0.4 is 10.6 Å². The highest BCUT2D eigenvalue weighted by atomic mass is 32.1. The van der Waals surface area contributed by atoms with E-state index in [1.54, 1.807) is 30.3 Å². The van der Waals surface area contributed by atoms with Crippen LogP contribution in [0.5, 0.6) is 0 Å². The molecule has 0 aromatic heterocycles. The van der Waals surface area contributed by atoms with Gasteiger partial charge in [-0.25, -0.2) is 8.78 Å². The van der Waals surface area contributed by atoms with E-state index >= 15 is 0 Å². The van der Waals surface area contributed by atoms with Gasteiger partial charge in [-0.15, -0.1) is 0 Å². The van der Waals surface area contributed by atoms with Gasteiger partial charge in [-0.3, -0.25) is 0 Å². The van der Waals surface area contributed by atoms with Crippen molar-refractivity contribution in [3.05, 3.63) is 65.2 Å². The lowest BCUT2D eigenvalue weighted by atomic mass is 10.1. The Morgan fingerprint density at radius 2 is 1.86 bits per heavy atom. The van der Waals surface area contributed by atoms with Crippen molar-refractivity contribution in [3.8, 4) is 0 Å². The van der Waals surface area contributed by atoms with Crippen molar-refractivity contribution >= 4 is 22.9 Å². The highest BCUT2D eigenvalue weighted by Gasteiger charge is 2.12. The van der Waals surface area contributed by atoms with E-state index in [9.17, 15) is 8.78 Å². The molecule has 0 amide bonds. The SMILES string of the molecule is CCN(Cc1ccc(F)c(C(N)=S)c1)c1ccccc1F. The lowest BCUT2D eigenvalue weighted by Crippen LogP contribution is -2.23. The van der Waals surface area contributed by atoms with Gasteiger partial charge in [-0.05, 0) is 36.8 Å². The Kier molecular flexibility index (Phi) is 4.85. The fraction of sp³-hybridized carbons (Fsp3) is 0.188. The van der Waals surface area contributed by atoms with E-state index in [-0.39, 0.29) is 16.4 Å². The van der Waals surface area contributed by atoms with E-state index in [0.29, 0.717) is 18.8 Å². The number of hydrogen-bond acceptors (Lipinski definition) is 2. The van der Waals surface area contributed by atoms with Gasteiger partial charge in [0.15, 0.2) is 0 Å². The minimum absolute atomic E-state index is 0.0169. The zero-order chi connectivity index (χ0) is 15.4. The number of nitrogens with zero attached hydrogens (tertiary/aromatic N) is 1. The second kappa shape index (κ2) is 6.63. The van der Waals surface area contributed by atoms with E-state index in [2.05, 4.69) is 0 Å². The molecule has 0 saturated carbocycles. The first-order valence-electron chi connectivity index (χ1n) is 6.60. The van der Waals surface area contributed by atoms with Gasteiger partial charge in [0.1, 0.15) is 16.6 Å². The Bertz CT molecular complexity index is 658. The maximum Gasteiger partial charge on any atom is 0.146 e. The minimum Gasteiger partial charge on any atom is -0.389 e. The molecule has 0 heterocycles. The van der Waals surface area contributed by atoms with Gasteiger partial charge in [-0.2, -0.15) is 0 Å². The number of benzene rings is 2. The average Bonchev–Trinajstić information content (AvgIpc) is 2.47. The normalized spacial score (nSPS) is 10.4. The van der Waals surface area contributed by atoms with Crippen LogP contribution in [0.3, 0.4) is 0 Å². The predicted molar refractivity (Wildman–Crippen MR) is 85.4 cm³/mol. The molecule has 21 heavy (non-hydrogen) atoms. The number of rotatable bonds is 5. The van der Waals surface area contributed by atoms with E-state index in [1.807, 2.05) is 11.8 Å². The molecule has 110 valence electrons. The third kappa shape index (κ3) is 3.55. The van der Waals surface area contributed by atoms with Gasteiger partial charge in [0.2, 0.25) is 0 Å². The molecule has 0 atom stereocenters. The second-order valence-corrected chi connectivity index (χ2v) is 5.08. The summed E-state index contributed by atoms with van der Waals surface area (Å²) in [5.74, 6) is -0.726. The first-order chi connectivity index (χ1) is 10.0. The van der Waals surface area contributed by atoms with Crippen LogP contribution in [0, 0.1) is 11.6 Å². The van der Waals surface area contributed by atoms with E-state index in [1.165, 1.54) is 12.1 Å². The van der Waals surface area contributed by atoms with Gasteiger partial charge in [0.05, 0.1) is 5.69 Å². The Balaban J connectivity index is 2.29. The monoisotopic (exact) mass is 306 g/mol. The molecule has 0 radical (unpaired) electrons. The molecule has 2 aromatic rings. The Labute approximate surface area is 128 Å². The van der Waals surface area contributed by atoms with Crippen LogP contribution in [0.1, 0.15) is 18.1 Å². The Morgan fingerprint density at radius 3 is 2.48 bits per heavy atom. The molecule has 0 aliphatic heterocycles. The maximum absolute atomic E-state index is 13.9. The second-order valence-electron chi connectivity index (χ2n) is 4.64. The van der Waals surface area contributed by atoms with Gasteiger partial charge in [0.25, 0.3) is 0 Å². The maximum atomic E-state index is 13.9. The van der Waals surface area contributed by atoms with Crippen LogP contribution in [0.4, 0.5) is 14.5 Å². The molecule has 0 bridgehead atoms. The van der Waals surface area contributed by atoms with Crippen molar-refractivity contribution in [2.75, 3.05) is 11.4 Å². The van der Waals surface area contributed by atoms with Gasteiger partial charge < -0.3 is 10.6 Å². The highest BCUT2D eigenvalue weighted by molar-refractivity contribution is 7.80. The summed E-state index contributed by atoms with van der Waals surface area (Å²) in [5, 5.41) is 0. The number of thiocarbonyl (C=S) groups is 1. The quantitative estimate of drug-likeness (QED) is 0.855. The summed E-state index contributed by atoms with van der Waals surface area (Å²) in [5.41, 5.74) is 7.05. The molecule has 2 N–H and O–H groups in total. The van der Waals surface area contributed by atoms with Gasteiger partial charge in [0, 0.05) is 18.7 Å².